The number of amides is 2. The van der Waals surface area contributed by atoms with Gasteiger partial charge in [0.1, 0.15) is 0 Å². The minimum absolute atomic E-state index is 0.0259. The van der Waals surface area contributed by atoms with Gasteiger partial charge in [0, 0.05) is 32.0 Å². The van der Waals surface area contributed by atoms with Crippen molar-refractivity contribution in [2.24, 2.45) is 5.92 Å². The first-order valence-corrected chi connectivity index (χ1v) is 9.35. The van der Waals surface area contributed by atoms with E-state index in [0.717, 1.165) is 12.0 Å². The minimum atomic E-state index is -0.310. The molecule has 7 heteroatoms. The molecule has 27 heavy (non-hydrogen) atoms. The average molecular weight is 378 g/mol. The number of carbonyl (C=O) groups excluding carboxylic acids is 2. The quantitative estimate of drug-likeness (QED) is 0.750. The fourth-order valence-corrected chi connectivity index (χ4v) is 3.53. The topological polar surface area (TPSA) is 77.1 Å². The van der Waals surface area contributed by atoms with Crippen LogP contribution in [-0.4, -0.2) is 57.7 Å². The number of nitrogens with zero attached hydrogens (tertiary/aromatic N) is 1. The van der Waals surface area contributed by atoms with Crippen LogP contribution in [0.1, 0.15) is 38.2 Å². The van der Waals surface area contributed by atoms with Gasteiger partial charge in [0.05, 0.1) is 27.2 Å². The predicted molar refractivity (Wildman–Crippen MR) is 103 cm³/mol. The normalized spacial score (nSPS) is 18.9. The molecule has 1 aliphatic rings. The van der Waals surface area contributed by atoms with E-state index in [9.17, 15) is 9.59 Å². The van der Waals surface area contributed by atoms with Crippen molar-refractivity contribution in [3.05, 3.63) is 17.7 Å². The van der Waals surface area contributed by atoms with Crippen molar-refractivity contribution in [1.82, 2.24) is 10.2 Å². The van der Waals surface area contributed by atoms with E-state index in [2.05, 4.69) is 5.32 Å². The Bertz CT molecular complexity index is 651. The summed E-state index contributed by atoms with van der Waals surface area (Å²) in [5.74, 6) is 1.18. The number of nitrogens with one attached hydrogen (secondary N) is 1. The Hall–Kier alpha value is -2.44. The molecule has 0 saturated carbocycles. The third-order valence-electron chi connectivity index (χ3n) is 4.98. The highest BCUT2D eigenvalue weighted by Gasteiger charge is 2.40. The summed E-state index contributed by atoms with van der Waals surface area (Å²) in [6.45, 7) is 5.39. The fourth-order valence-electron chi connectivity index (χ4n) is 3.53. The van der Waals surface area contributed by atoms with Crippen molar-refractivity contribution in [2.75, 3.05) is 41.0 Å². The van der Waals surface area contributed by atoms with Crippen LogP contribution in [0, 0.1) is 5.92 Å². The molecule has 1 aromatic carbocycles. The van der Waals surface area contributed by atoms with Gasteiger partial charge in [0.25, 0.3) is 0 Å². The molecule has 1 heterocycles. The van der Waals surface area contributed by atoms with Gasteiger partial charge in [-0.1, -0.05) is 13.8 Å². The third kappa shape index (κ3) is 4.46. The van der Waals surface area contributed by atoms with Crippen molar-refractivity contribution >= 4 is 11.8 Å². The summed E-state index contributed by atoms with van der Waals surface area (Å²) in [4.78, 5) is 26.8. The van der Waals surface area contributed by atoms with Crippen LogP contribution in [0.2, 0.25) is 0 Å². The van der Waals surface area contributed by atoms with Crippen molar-refractivity contribution in [3.63, 3.8) is 0 Å². The van der Waals surface area contributed by atoms with Crippen LogP contribution in [-0.2, 0) is 9.59 Å². The second kappa shape index (κ2) is 9.48. The number of hydrogen-bond acceptors (Lipinski definition) is 5. The first kappa shape index (κ1) is 20.9. The molecule has 2 rings (SSSR count). The predicted octanol–water partition coefficient (Wildman–Crippen LogP) is 2.19. The van der Waals surface area contributed by atoms with Gasteiger partial charge >= 0.3 is 0 Å². The zero-order valence-electron chi connectivity index (χ0n) is 16.8. The Balaban J connectivity index is 2.41. The summed E-state index contributed by atoms with van der Waals surface area (Å²) in [6, 6.07) is 3.73. The van der Waals surface area contributed by atoms with Crippen molar-refractivity contribution in [1.29, 1.82) is 0 Å². The molecule has 1 saturated heterocycles. The molecule has 150 valence electrons. The Morgan fingerprint density at radius 3 is 2.19 bits per heavy atom. The van der Waals surface area contributed by atoms with Gasteiger partial charge in [-0.15, -0.1) is 0 Å². The first-order valence-electron chi connectivity index (χ1n) is 9.35. The van der Waals surface area contributed by atoms with E-state index in [4.69, 9.17) is 14.2 Å². The summed E-state index contributed by atoms with van der Waals surface area (Å²) >= 11 is 0. The van der Waals surface area contributed by atoms with Crippen LogP contribution in [0.15, 0.2) is 12.1 Å². The highest BCUT2D eigenvalue weighted by molar-refractivity contribution is 5.83. The van der Waals surface area contributed by atoms with Gasteiger partial charge < -0.3 is 24.4 Å². The van der Waals surface area contributed by atoms with E-state index in [-0.39, 0.29) is 23.7 Å². The van der Waals surface area contributed by atoms with Crippen LogP contribution in [0.3, 0.4) is 0 Å². The standard InChI is InChI=1S/C20H30N2O5/c1-6-8-21-20(24)15-12-22(18(23)7-2)11-14(15)13-9-16(25-3)19(27-5)17(10-13)26-4/h9-10,14-15H,6-8,11-12H2,1-5H3,(H,21,24). The van der Waals surface area contributed by atoms with Gasteiger partial charge in [0.2, 0.25) is 17.6 Å². The monoisotopic (exact) mass is 378 g/mol. The number of hydrogen-bond donors (Lipinski definition) is 1. The smallest absolute Gasteiger partial charge is 0.225 e. The molecule has 0 bridgehead atoms. The Labute approximate surface area is 161 Å². The van der Waals surface area contributed by atoms with E-state index in [1.807, 2.05) is 26.0 Å². The van der Waals surface area contributed by atoms with E-state index in [1.165, 1.54) is 0 Å². The molecule has 0 radical (unpaired) electrons. The van der Waals surface area contributed by atoms with Crippen molar-refractivity contribution < 1.29 is 23.8 Å². The van der Waals surface area contributed by atoms with Crippen molar-refractivity contribution in [3.8, 4) is 17.2 Å². The lowest BCUT2D eigenvalue weighted by Crippen LogP contribution is -2.35. The molecule has 2 amide bonds. The van der Waals surface area contributed by atoms with Crippen LogP contribution in [0.25, 0.3) is 0 Å². The number of methoxy groups -OCH3 is 3. The van der Waals surface area contributed by atoms with Crippen LogP contribution >= 0.6 is 0 Å². The van der Waals surface area contributed by atoms with Gasteiger partial charge in [-0.3, -0.25) is 9.59 Å². The Morgan fingerprint density at radius 1 is 1.07 bits per heavy atom. The lowest BCUT2D eigenvalue weighted by Gasteiger charge is -2.21. The number of benzene rings is 1. The molecule has 1 fully saturated rings. The summed E-state index contributed by atoms with van der Waals surface area (Å²) in [5.41, 5.74) is 0.896. The van der Waals surface area contributed by atoms with E-state index in [1.54, 1.807) is 26.2 Å². The van der Waals surface area contributed by atoms with Gasteiger partial charge in [-0.05, 0) is 24.1 Å². The molecule has 2 atom stereocenters. The average Bonchev–Trinajstić information content (AvgIpc) is 3.15. The zero-order chi connectivity index (χ0) is 20.0. The Kier molecular flexibility index (Phi) is 7.33. The SMILES string of the molecule is CCCNC(=O)C1CN(C(=O)CC)CC1c1cc(OC)c(OC)c(OC)c1. The summed E-state index contributed by atoms with van der Waals surface area (Å²) < 4.78 is 16.3. The first-order chi connectivity index (χ1) is 13.0. The molecule has 0 spiro atoms. The van der Waals surface area contributed by atoms with Gasteiger partial charge in [-0.25, -0.2) is 0 Å². The molecule has 0 aliphatic carbocycles. The molecule has 0 aromatic heterocycles. The second-order valence-corrected chi connectivity index (χ2v) is 6.61. The molecular weight excluding hydrogens is 348 g/mol. The number of rotatable bonds is 8. The van der Waals surface area contributed by atoms with E-state index < -0.39 is 0 Å². The lowest BCUT2D eigenvalue weighted by atomic mass is 9.88. The number of ether oxygens (including phenoxy) is 3. The number of likely N-dealkylation sites (tertiary alicyclic amines) is 1. The zero-order valence-corrected chi connectivity index (χ0v) is 16.8. The van der Waals surface area contributed by atoms with Gasteiger partial charge in [-0.2, -0.15) is 0 Å². The molecule has 7 nitrogen and oxygen atoms in total. The summed E-state index contributed by atoms with van der Waals surface area (Å²) in [6.07, 6.45) is 1.29. The third-order valence-corrected chi connectivity index (χ3v) is 4.98. The van der Waals surface area contributed by atoms with E-state index >= 15 is 0 Å². The maximum absolute atomic E-state index is 12.7. The van der Waals surface area contributed by atoms with Gasteiger partial charge in [0.15, 0.2) is 11.5 Å². The molecule has 1 aromatic rings. The summed E-state index contributed by atoms with van der Waals surface area (Å²) in [7, 11) is 4.68. The highest BCUT2D eigenvalue weighted by Crippen LogP contribution is 2.43. The maximum Gasteiger partial charge on any atom is 0.225 e. The second-order valence-electron chi connectivity index (χ2n) is 6.61. The minimum Gasteiger partial charge on any atom is -0.493 e. The maximum atomic E-state index is 12.7. The molecule has 2 unspecified atom stereocenters. The summed E-state index contributed by atoms with van der Waals surface area (Å²) in [5, 5.41) is 2.97. The van der Waals surface area contributed by atoms with Crippen LogP contribution in [0.5, 0.6) is 17.2 Å². The number of carbonyl (C=O) groups is 2. The largest absolute Gasteiger partial charge is 0.493 e. The van der Waals surface area contributed by atoms with Crippen LogP contribution in [0.4, 0.5) is 0 Å². The lowest BCUT2D eigenvalue weighted by molar-refractivity contribution is -0.130. The van der Waals surface area contributed by atoms with E-state index in [0.29, 0.717) is 43.3 Å². The molecule has 1 N–H and O–H groups in total. The Morgan fingerprint density at radius 2 is 1.70 bits per heavy atom. The van der Waals surface area contributed by atoms with Crippen LogP contribution < -0.4 is 19.5 Å². The highest BCUT2D eigenvalue weighted by atomic mass is 16.5. The molecular formula is C20H30N2O5. The molecule has 1 aliphatic heterocycles. The fraction of sp³-hybridized carbons (Fsp3) is 0.600. The van der Waals surface area contributed by atoms with Crippen molar-refractivity contribution in [2.45, 2.75) is 32.6 Å².